The van der Waals surface area contributed by atoms with Crippen LogP contribution in [-0.4, -0.2) is 59.9 Å². The molecule has 40 heavy (non-hydrogen) atoms. The molecular weight excluding hydrogens is 516 g/mol. The van der Waals surface area contributed by atoms with Crippen molar-refractivity contribution in [2.45, 2.75) is 33.2 Å². The van der Waals surface area contributed by atoms with Gasteiger partial charge in [0.05, 0.1) is 32.6 Å². The molecule has 0 aliphatic rings. The van der Waals surface area contributed by atoms with Crippen LogP contribution in [0.3, 0.4) is 0 Å². The van der Waals surface area contributed by atoms with Gasteiger partial charge < -0.3 is 23.5 Å². The van der Waals surface area contributed by atoms with Gasteiger partial charge in [0.25, 0.3) is 11.5 Å². The van der Waals surface area contributed by atoms with Crippen molar-refractivity contribution in [1.29, 1.82) is 0 Å². The summed E-state index contributed by atoms with van der Waals surface area (Å²) in [4.78, 5) is 48.7. The molecule has 1 amide bonds. The summed E-state index contributed by atoms with van der Waals surface area (Å²) in [6.07, 6.45) is 6.61. The van der Waals surface area contributed by atoms with Crippen LogP contribution in [0.5, 0.6) is 0 Å². The molecular formula is C29H34N4O7. The Balaban J connectivity index is 2.28. The summed E-state index contributed by atoms with van der Waals surface area (Å²) >= 11 is 0. The van der Waals surface area contributed by atoms with Crippen molar-refractivity contribution in [3.05, 3.63) is 88.2 Å². The van der Waals surface area contributed by atoms with E-state index >= 15 is 0 Å². The quantitative estimate of drug-likeness (QED) is 0.104. The monoisotopic (exact) mass is 550 g/mol. The van der Waals surface area contributed by atoms with Crippen LogP contribution in [0.1, 0.15) is 37.0 Å². The second kappa shape index (κ2) is 14.6. The summed E-state index contributed by atoms with van der Waals surface area (Å²) in [5, 5.41) is 0.190. The van der Waals surface area contributed by atoms with E-state index in [-0.39, 0.29) is 47.2 Å². The summed E-state index contributed by atoms with van der Waals surface area (Å²) in [6, 6.07) is 6.57. The maximum atomic E-state index is 13.4. The number of hydrogen-bond acceptors (Lipinski definition) is 8. The second-order valence-electron chi connectivity index (χ2n) is 8.34. The Morgan fingerprint density at radius 3 is 2.58 bits per heavy atom. The molecule has 3 rings (SSSR count). The zero-order chi connectivity index (χ0) is 29.1. The standard InChI is InChI=1S/C29H34N4O7/c1-6-12-22(37-4)23(38-5)14-15-25(34)31-27-21(29(36)40-8-3)19-20-26(33(27)17-11-18-39-7-2)30-24-13-9-10-16-32(24)28(20)35/h6,9-10,12-14,16,19H,1,7-8,11,15,17-18H2,2-5H3/b22-12+,23-14+,31-27?. The van der Waals surface area contributed by atoms with Gasteiger partial charge in [-0.25, -0.2) is 9.78 Å². The zero-order valence-corrected chi connectivity index (χ0v) is 23.2. The first-order valence-electron chi connectivity index (χ1n) is 12.9. The number of nitrogens with zero attached hydrogens (tertiary/aromatic N) is 4. The number of methoxy groups -OCH3 is 2. The molecule has 0 N–H and O–H groups in total. The smallest absolute Gasteiger partial charge is 0.341 e. The molecule has 0 aliphatic carbocycles. The van der Waals surface area contributed by atoms with E-state index < -0.39 is 11.9 Å². The molecule has 0 unspecified atom stereocenters. The number of esters is 1. The maximum Gasteiger partial charge on any atom is 0.341 e. The minimum atomic E-state index is -0.712. The van der Waals surface area contributed by atoms with Crippen molar-refractivity contribution in [2.75, 3.05) is 34.0 Å². The van der Waals surface area contributed by atoms with Crippen molar-refractivity contribution < 1.29 is 28.5 Å². The van der Waals surface area contributed by atoms with Crippen molar-refractivity contribution >= 4 is 28.6 Å². The number of aromatic nitrogens is 3. The van der Waals surface area contributed by atoms with E-state index in [4.69, 9.17) is 23.9 Å². The Morgan fingerprint density at radius 1 is 1.12 bits per heavy atom. The molecule has 0 aromatic carbocycles. The Morgan fingerprint density at radius 2 is 1.90 bits per heavy atom. The maximum absolute atomic E-state index is 13.4. The lowest BCUT2D eigenvalue weighted by molar-refractivity contribution is -0.117. The van der Waals surface area contributed by atoms with Gasteiger partial charge in [0, 0.05) is 26.0 Å². The number of allylic oxidation sites excluding steroid dienone is 2. The lowest BCUT2D eigenvalue weighted by Gasteiger charge is -2.15. The van der Waals surface area contributed by atoms with E-state index in [9.17, 15) is 14.4 Å². The highest BCUT2D eigenvalue weighted by atomic mass is 16.5. The summed E-state index contributed by atoms with van der Waals surface area (Å²) in [5.41, 5.74) is 0.357. The van der Waals surface area contributed by atoms with Gasteiger partial charge in [0.15, 0.2) is 17.0 Å². The summed E-state index contributed by atoms with van der Waals surface area (Å²) in [6.45, 7) is 8.53. The second-order valence-corrected chi connectivity index (χ2v) is 8.34. The summed E-state index contributed by atoms with van der Waals surface area (Å²) in [7, 11) is 2.92. The highest BCUT2D eigenvalue weighted by Crippen LogP contribution is 2.14. The summed E-state index contributed by atoms with van der Waals surface area (Å²) in [5.74, 6) is -0.577. The predicted molar refractivity (Wildman–Crippen MR) is 150 cm³/mol. The number of ether oxygens (including phenoxy) is 4. The van der Waals surface area contributed by atoms with Crippen LogP contribution in [0.2, 0.25) is 0 Å². The first-order valence-corrected chi connectivity index (χ1v) is 12.9. The van der Waals surface area contributed by atoms with Gasteiger partial charge in [-0.2, -0.15) is 4.99 Å². The van der Waals surface area contributed by atoms with E-state index in [1.54, 1.807) is 42.0 Å². The van der Waals surface area contributed by atoms with E-state index in [2.05, 4.69) is 11.6 Å². The molecule has 0 radical (unpaired) electrons. The zero-order valence-electron chi connectivity index (χ0n) is 23.2. The van der Waals surface area contributed by atoms with Crippen LogP contribution < -0.4 is 11.0 Å². The number of amides is 1. The largest absolute Gasteiger partial charge is 0.493 e. The molecule has 212 valence electrons. The molecule has 3 heterocycles. The van der Waals surface area contributed by atoms with Crippen molar-refractivity contribution in [3.8, 4) is 0 Å². The van der Waals surface area contributed by atoms with Crippen molar-refractivity contribution in [3.63, 3.8) is 0 Å². The van der Waals surface area contributed by atoms with Gasteiger partial charge in [-0.15, -0.1) is 0 Å². The van der Waals surface area contributed by atoms with Crippen LogP contribution >= 0.6 is 0 Å². The van der Waals surface area contributed by atoms with Gasteiger partial charge in [-0.3, -0.25) is 14.0 Å². The predicted octanol–water partition coefficient (Wildman–Crippen LogP) is 3.32. The molecule has 0 saturated heterocycles. The third-order valence-electron chi connectivity index (χ3n) is 5.80. The fourth-order valence-corrected chi connectivity index (χ4v) is 4.02. The van der Waals surface area contributed by atoms with Crippen LogP contribution in [-0.2, 0) is 30.3 Å². The number of fused-ring (bicyclic) bond motifs is 2. The van der Waals surface area contributed by atoms with Crippen LogP contribution in [0, 0.1) is 0 Å². The van der Waals surface area contributed by atoms with Crippen LogP contribution in [0.4, 0.5) is 0 Å². The van der Waals surface area contributed by atoms with Gasteiger partial charge in [-0.05, 0) is 50.6 Å². The average molecular weight is 551 g/mol. The minimum Gasteiger partial charge on any atom is -0.493 e. The number of rotatable bonds is 13. The molecule has 11 nitrogen and oxygen atoms in total. The molecule has 11 heteroatoms. The first kappa shape index (κ1) is 30.0. The van der Waals surface area contributed by atoms with Gasteiger partial charge >= 0.3 is 5.97 Å². The Hall–Kier alpha value is -4.51. The normalized spacial score (nSPS) is 12.6. The summed E-state index contributed by atoms with van der Waals surface area (Å²) < 4.78 is 24.4. The van der Waals surface area contributed by atoms with Crippen LogP contribution in [0.15, 0.2) is 76.6 Å². The number of carbonyl (C=O) groups excluding carboxylic acids is 2. The van der Waals surface area contributed by atoms with Gasteiger partial charge in [0.1, 0.15) is 16.9 Å². The Kier molecular flexibility index (Phi) is 11.0. The van der Waals surface area contributed by atoms with Crippen molar-refractivity contribution in [2.24, 2.45) is 4.99 Å². The lowest BCUT2D eigenvalue weighted by Crippen LogP contribution is -2.33. The van der Waals surface area contributed by atoms with E-state index in [0.29, 0.717) is 36.8 Å². The van der Waals surface area contributed by atoms with E-state index in [1.807, 2.05) is 6.92 Å². The molecule has 3 aromatic rings. The Labute approximate surface area is 231 Å². The van der Waals surface area contributed by atoms with Crippen molar-refractivity contribution in [1.82, 2.24) is 14.0 Å². The van der Waals surface area contributed by atoms with E-state index in [1.165, 1.54) is 36.8 Å². The number of carbonyl (C=O) groups is 2. The fourth-order valence-electron chi connectivity index (χ4n) is 4.02. The third kappa shape index (κ3) is 6.92. The van der Waals surface area contributed by atoms with Gasteiger partial charge in [0.2, 0.25) is 0 Å². The van der Waals surface area contributed by atoms with E-state index in [0.717, 1.165) is 0 Å². The SMILES string of the molecule is C=C/C=C(OC)\C(=C/CC(=O)N=c1c(C(=O)OCC)cc2c(=O)n3ccccc3nc2n1CCCOCC)OC. The molecule has 0 atom stereocenters. The first-order chi connectivity index (χ1) is 19.4. The molecule has 0 bridgehead atoms. The fraction of sp³-hybridized carbons (Fsp3) is 0.345. The number of hydrogen-bond donors (Lipinski definition) is 0. The molecule has 0 spiro atoms. The third-order valence-corrected chi connectivity index (χ3v) is 5.80. The highest BCUT2D eigenvalue weighted by molar-refractivity contribution is 5.93. The van der Waals surface area contributed by atoms with Gasteiger partial charge in [-0.1, -0.05) is 18.7 Å². The number of aryl methyl sites for hydroxylation is 1. The lowest BCUT2D eigenvalue weighted by atomic mass is 10.2. The molecule has 3 aromatic heterocycles. The Bertz CT molecular complexity index is 1580. The van der Waals surface area contributed by atoms with Crippen LogP contribution in [0.25, 0.3) is 16.7 Å². The molecule has 0 saturated carbocycles. The average Bonchev–Trinajstić information content (AvgIpc) is 2.95. The highest BCUT2D eigenvalue weighted by Gasteiger charge is 2.20. The number of pyridine rings is 2. The molecule has 0 aliphatic heterocycles. The minimum absolute atomic E-state index is 0.0195. The topological polar surface area (TPSA) is 123 Å². The molecule has 0 fully saturated rings.